The van der Waals surface area contributed by atoms with E-state index in [9.17, 15) is 4.79 Å². The largest absolute Gasteiger partial charge is 0.289 e. The molecule has 3 rings (SSSR count). The molecule has 0 atom stereocenters. The van der Waals surface area contributed by atoms with Crippen molar-refractivity contribution in [2.75, 3.05) is 0 Å². The predicted molar refractivity (Wildman–Crippen MR) is 84.4 cm³/mol. The van der Waals surface area contributed by atoms with Crippen LogP contribution in [-0.2, 0) is 0 Å². The Labute approximate surface area is 128 Å². The zero-order valence-corrected chi connectivity index (χ0v) is 12.8. The molecule has 1 aromatic heterocycles. The standard InChI is InChI=1S/C15H8BrClOS/c16-11-6-10(7-12(17)8-11)14(18)13-3-1-2-9-4-5-19-15(9)13/h1-8H. The molecular weight excluding hydrogens is 344 g/mol. The Morgan fingerprint density at radius 1 is 1.16 bits per heavy atom. The van der Waals surface area contributed by atoms with Gasteiger partial charge in [0.05, 0.1) is 0 Å². The lowest BCUT2D eigenvalue weighted by atomic mass is 10.0. The molecule has 3 aromatic rings. The van der Waals surface area contributed by atoms with Gasteiger partial charge in [-0.15, -0.1) is 11.3 Å². The summed E-state index contributed by atoms with van der Waals surface area (Å²) in [6, 6.07) is 13.0. The highest BCUT2D eigenvalue weighted by Gasteiger charge is 2.14. The maximum atomic E-state index is 12.6. The van der Waals surface area contributed by atoms with Gasteiger partial charge in [-0.2, -0.15) is 0 Å². The van der Waals surface area contributed by atoms with E-state index < -0.39 is 0 Å². The zero-order chi connectivity index (χ0) is 13.4. The average Bonchev–Trinajstić information content (AvgIpc) is 2.84. The number of carbonyl (C=O) groups is 1. The van der Waals surface area contributed by atoms with E-state index in [0.717, 1.165) is 20.1 Å². The number of ketones is 1. The number of hydrogen-bond acceptors (Lipinski definition) is 2. The van der Waals surface area contributed by atoms with E-state index in [4.69, 9.17) is 11.6 Å². The number of halogens is 2. The van der Waals surface area contributed by atoms with Gasteiger partial charge in [0.25, 0.3) is 0 Å². The van der Waals surface area contributed by atoms with Gasteiger partial charge >= 0.3 is 0 Å². The van der Waals surface area contributed by atoms with Crippen molar-refractivity contribution in [3.05, 3.63) is 68.5 Å². The maximum Gasteiger partial charge on any atom is 0.194 e. The Morgan fingerprint density at radius 3 is 2.79 bits per heavy atom. The third-order valence-corrected chi connectivity index (χ3v) is 4.49. The van der Waals surface area contributed by atoms with Crippen LogP contribution in [0.3, 0.4) is 0 Å². The van der Waals surface area contributed by atoms with Crippen molar-refractivity contribution in [3.63, 3.8) is 0 Å². The molecule has 2 aromatic carbocycles. The number of fused-ring (bicyclic) bond motifs is 1. The van der Waals surface area contributed by atoms with E-state index in [0.29, 0.717) is 10.6 Å². The fraction of sp³-hybridized carbons (Fsp3) is 0. The smallest absolute Gasteiger partial charge is 0.194 e. The van der Waals surface area contributed by atoms with Crippen LogP contribution in [0.15, 0.2) is 52.3 Å². The molecule has 0 radical (unpaired) electrons. The minimum atomic E-state index is -0.00347. The van der Waals surface area contributed by atoms with Crippen LogP contribution in [0.4, 0.5) is 0 Å². The minimum Gasteiger partial charge on any atom is -0.289 e. The quantitative estimate of drug-likeness (QED) is 0.553. The zero-order valence-electron chi connectivity index (χ0n) is 9.69. The lowest BCUT2D eigenvalue weighted by Gasteiger charge is -2.04. The van der Waals surface area contributed by atoms with Crippen LogP contribution in [0.1, 0.15) is 15.9 Å². The first kappa shape index (κ1) is 12.9. The number of carbonyl (C=O) groups excluding carboxylic acids is 1. The van der Waals surface area contributed by atoms with Gasteiger partial charge in [-0.1, -0.05) is 39.7 Å². The first-order valence-electron chi connectivity index (χ1n) is 5.62. The molecule has 0 aliphatic heterocycles. The van der Waals surface area contributed by atoms with E-state index in [-0.39, 0.29) is 5.78 Å². The lowest BCUT2D eigenvalue weighted by Crippen LogP contribution is -2.01. The summed E-state index contributed by atoms with van der Waals surface area (Å²) in [5.41, 5.74) is 1.32. The molecule has 1 heterocycles. The third-order valence-electron chi connectivity index (χ3n) is 2.85. The first-order valence-corrected chi connectivity index (χ1v) is 7.67. The molecule has 94 valence electrons. The normalized spacial score (nSPS) is 10.8. The molecule has 19 heavy (non-hydrogen) atoms. The molecule has 0 N–H and O–H groups in total. The van der Waals surface area contributed by atoms with Crippen molar-refractivity contribution in [2.45, 2.75) is 0 Å². The fourth-order valence-corrected chi connectivity index (χ4v) is 3.78. The summed E-state index contributed by atoms with van der Waals surface area (Å²) >= 11 is 10.9. The second kappa shape index (κ2) is 5.08. The molecule has 0 saturated carbocycles. The van der Waals surface area contributed by atoms with Gasteiger partial charge in [-0.25, -0.2) is 0 Å². The highest BCUT2D eigenvalue weighted by atomic mass is 79.9. The highest BCUT2D eigenvalue weighted by molar-refractivity contribution is 9.10. The molecule has 0 saturated heterocycles. The highest BCUT2D eigenvalue weighted by Crippen LogP contribution is 2.28. The molecule has 0 aliphatic rings. The van der Waals surface area contributed by atoms with Gasteiger partial charge in [0, 0.05) is 25.3 Å². The summed E-state index contributed by atoms with van der Waals surface area (Å²) in [4.78, 5) is 12.6. The van der Waals surface area contributed by atoms with E-state index in [1.807, 2.05) is 29.6 Å². The van der Waals surface area contributed by atoms with Crippen LogP contribution in [0.5, 0.6) is 0 Å². The second-order valence-corrected chi connectivity index (χ2v) is 6.40. The SMILES string of the molecule is O=C(c1cc(Cl)cc(Br)c1)c1cccc2ccsc12. The van der Waals surface area contributed by atoms with Crippen LogP contribution < -0.4 is 0 Å². The molecular formula is C15H8BrClOS. The Bertz CT molecular complexity index is 758. The Balaban J connectivity index is 2.16. The molecule has 0 spiro atoms. The molecule has 0 bridgehead atoms. The lowest BCUT2D eigenvalue weighted by molar-refractivity contribution is 0.104. The third kappa shape index (κ3) is 2.46. The summed E-state index contributed by atoms with van der Waals surface area (Å²) in [7, 11) is 0. The molecule has 0 fully saturated rings. The van der Waals surface area contributed by atoms with Gasteiger partial charge in [0.1, 0.15) is 0 Å². The minimum absolute atomic E-state index is 0.00347. The van der Waals surface area contributed by atoms with Crippen LogP contribution >= 0.6 is 38.9 Å². The topological polar surface area (TPSA) is 17.1 Å². The summed E-state index contributed by atoms with van der Waals surface area (Å²) in [5.74, 6) is -0.00347. The second-order valence-electron chi connectivity index (χ2n) is 4.13. The Morgan fingerprint density at radius 2 is 2.00 bits per heavy atom. The van der Waals surface area contributed by atoms with Crippen molar-refractivity contribution in [1.82, 2.24) is 0 Å². The predicted octanol–water partition coefficient (Wildman–Crippen LogP) is 5.55. The van der Waals surface area contributed by atoms with Gasteiger partial charge in [-0.3, -0.25) is 4.79 Å². The van der Waals surface area contributed by atoms with Gasteiger partial charge in [-0.05, 0) is 41.1 Å². The maximum absolute atomic E-state index is 12.6. The summed E-state index contributed by atoms with van der Waals surface area (Å²) < 4.78 is 1.82. The number of benzene rings is 2. The van der Waals surface area contributed by atoms with Crippen LogP contribution in [0.2, 0.25) is 5.02 Å². The number of hydrogen-bond donors (Lipinski definition) is 0. The van der Waals surface area contributed by atoms with Crippen molar-refractivity contribution < 1.29 is 4.79 Å². The van der Waals surface area contributed by atoms with Gasteiger partial charge in [0.15, 0.2) is 5.78 Å². The number of thiophene rings is 1. The van der Waals surface area contributed by atoms with Crippen molar-refractivity contribution in [2.24, 2.45) is 0 Å². The molecule has 0 aliphatic carbocycles. The monoisotopic (exact) mass is 350 g/mol. The van der Waals surface area contributed by atoms with Crippen LogP contribution in [0, 0.1) is 0 Å². The van der Waals surface area contributed by atoms with E-state index in [1.54, 1.807) is 29.5 Å². The van der Waals surface area contributed by atoms with E-state index in [2.05, 4.69) is 15.9 Å². The van der Waals surface area contributed by atoms with E-state index >= 15 is 0 Å². The van der Waals surface area contributed by atoms with Gasteiger partial charge < -0.3 is 0 Å². The number of rotatable bonds is 2. The molecule has 4 heteroatoms. The fourth-order valence-electron chi connectivity index (χ4n) is 2.01. The van der Waals surface area contributed by atoms with Crippen molar-refractivity contribution in [3.8, 4) is 0 Å². The van der Waals surface area contributed by atoms with Crippen LogP contribution in [0.25, 0.3) is 10.1 Å². The molecule has 0 amide bonds. The van der Waals surface area contributed by atoms with Gasteiger partial charge in [0.2, 0.25) is 0 Å². The summed E-state index contributed by atoms with van der Waals surface area (Å²) in [5, 5.41) is 3.64. The molecule has 0 unspecified atom stereocenters. The average molecular weight is 352 g/mol. The summed E-state index contributed by atoms with van der Waals surface area (Å²) in [6.45, 7) is 0. The summed E-state index contributed by atoms with van der Waals surface area (Å²) in [6.07, 6.45) is 0. The Hall–Kier alpha value is -1.16. The van der Waals surface area contributed by atoms with Crippen molar-refractivity contribution in [1.29, 1.82) is 0 Å². The first-order chi connectivity index (χ1) is 9.15. The Kier molecular flexibility index (Phi) is 3.44. The molecule has 1 nitrogen and oxygen atoms in total. The van der Waals surface area contributed by atoms with Crippen LogP contribution in [-0.4, -0.2) is 5.78 Å². The van der Waals surface area contributed by atoms with Crippen molar-refractivity contribution >= 4 is 54.7 Å². The van der Waals surface area contributed by atoms with E-state index in [1.165, 1.54) is 0 Å².